The Morgan fingerprint density at radius 1 is 1.62 bits per heavy atom. The zero-order valence-corrected chi connectivity index (χ0v) is 3.83. The summed E-state index contributed by atoms with van der Waals surface area (Å²) >= 11 is 0. The number of rotatable bonds is 0. The average Bonchev–Trinajstić information content (AvgIpc) is 1.98. The SMILES string of the molecule is O=C1COC(=O)N1O. The number of ether oxygens (including phenoxy) is 1. The van der Waals surface area contributed by atoms with Gasteiger partial charge in [0.25, 0.3) is 5.91 Å². The zero-order chi connectivity index (χ0) is 6.15. The molecule has 8 heavy (non-hydrogen) atoms. The van der Waals surface area contributed by atoms with E-state index < -0.39 is 12.0 Å². The highest BCUT2D eigenvalue weighted by Crippen LogP contribution is 1.98. The van der Waals surface area contributed by atoms with E-state index in [9.17, 15) is 9.59 Å². The van der Waals surface area contributed by atoms with Gasteiger partial charge < -0.3 is 4.74 Å². The maximum absolute atomic E-state index is 10.1. The molecule has 1 rings (SSSR count). The summed E-state index contributed by atoms with van der Waals surface area (Å²) in [6, 6.07) is 0. The first-order valence-electron chi connectivity index (χ1n) is 1.90. The second kappa shape index (κ2) is 1.45. The van der Waals surface area contributed by atoms with Gasteiger partial charge in [-0.1, -0.05) is 0 Å². The highest BCUT2D eigenvalue weighted by molar-refractivity contribution is 5.96. The van der Waals surface area contributed by atoms with E-state index in [-0.39, 0.29) is 11.7 Å². The third-order valence-corrected chi connectivity index (χ3v) is 0.728. The molecular weight excluding hydrogens is 114 g/mol. The van der Waals surface area contributed by atoms with Crippen LogP contribution in [0.1, 0.15) is 0 Å². The number of cyclic esters (lactones) is 1. The third-order valence-electron chi connectivity index (χ3n) is 0.728. The van der Waals surface area contributed by atoms with E-state index >= 15 is 0 Å². The Labute approximate surface area is 44.4 Å². The molecule has 44 valence electrons. The number of nitrogens with zero attached hydrogens (tertiary/aromatic N) is 1. The van der Waals surface area contributed by atoms with Crippen molar-refractivity contribution in [3.05, 3.63) is 0 Å². The molecule has 2 amide bonds. The molecule has 1 heterocycles. The molecule has 1 fully saturated rings. The number of carbonyl (C=O) groups excluding carboxylic acids is 2. The van der Waals surface area contributed by atoms with E-state index in [1.165, 1.54) is 0 Å². The lowest BCUT2D eigenvalue weighted by molar-refractivity contribution is -0.146. The lowest BCUT2D eigenvalue weighted by atomic mass is 10.7. The largest absolute Gasteiger partial charge is 0.441 e. The Hall–Kier alpha value is -1.10. The number of hydrogen-bond acceptors (Lipinski definition) is 4. The summed E-state index contributed by atoms with van der Waals surface area (Å²) in [5.41, 5.74) is 0. The molecule has 0 aromatic carbocycles. The summed E-state index contributed by atoms with van der Waals surface area (Å²) in [6.07, 6.45) is -1.00. The number of imide groups is 1. The van der Waals surface area contributed by atoms with E-state index in [0.29, 0.717) is 0 Å². The summed E-state index contributed by atoms with van der Waals surface area (Å²) in [6.45, 7) is -0.352. The van der Waals surface area contributed by atoms with Crippen LogP contribution in [0.3, 0.4) is 0 Å². The minimum atomic E-state index is -1.00. The minimum Gasteiger partial charge on any atom is -0.437 e. The number of hydrogen-bond donors (Lipinski definition) is 1. The van der Waals surface area contributed by atoms with Crippen LogP contribution in [-0.2, 0) is 9.53 Å². The summed E-state index contributed by atoms with van der Waals surface area (Å²) in [5.74, 6) is -0.727. The molecule has 0 aromatic rings. The molecule has 1 aliphatic heterocycles. The molecule has 0 aliphatic carbocycles. The van der Waals surface area contributed by atoms with Crippen molar-refractivity contribution in [2.24, 2.45) is 0 Å². The van der Waals surface area contributed by atoms with Crippen LogP contribution in [0.15, 0.2) is 0 Å². The highest BCUT2D eigenvalue weighted by atomic mass is 16.7. The Balaban J connectivity index is 2.70. The van der Waals surface area contributed by atoms with Crippen LogP contribution < -0.4 is 0 Å². The molecule has 1 aliphatic rings. The van der Waals surface area contributed by atoms with E-state index in [1.54, 1.807) is 0 Å². The fourth-order valence-electron chi connectivity index (χ4n) is 0.348. The molecule has 1 N–H and O–H groups in total. The lowest BCUT2D eigenvalue weighted by Crippen LogP contribution is -2.24. The molecule has 0 radical (unpaired) electrons. The van der Waals surface area contributed by atoms with Crippen LogP contribution >= 0.6 is 0 Å². The smallest absolute Gasteiger partial charge is 0.437 e. The Morgan fingerprint density at radius 3 is 2.38 bits per heavy atom. The molecule has 1 saturated heterocycles. The summed E-state index contributed by atoms with van der Waals surface area (Å²) in [5, 5.41) is 8.22. The maximum Gasteiger partial charge on any atom is 0.441 e. The van der Waals surface area contributed by atoms with Gasteiger partial charge in [-0.05, 0) is 0 Å². The quantitative estimate of drug-likeness (QED) is 0.428. The Morgan fingerprint density at radius 2 is 2.25 bits per heavy atom. The standard InChI is InChI=1S/C3H3NO4/c5-2-1-8-3(6)4(2)7/h7H,1H2. The molecular formula is C3H3NO4. The van der Waals surface area contributed by atoms with Gasteiger partial charge in [0.15, 0.2) is 6.61 Å². The molecule has 0 spiro atoms. The number of hydroxylamine groups is 2. The highest BCUT2D eigenvalue weighted by Gasteiger charge is 2.29. The van der Waals surface area contributed by atoms with Crippen molar-refractivity contribution >= 4 is 12.0 Å². The summed E-state index contributed by atoms with van der Waals surface area (Å²) in [7, 11) is 0. The fraction of sp³-hybridized carbons (Fsp3) is 0.333. The van der Waals surface area contributed by atoms with E-state index in [1.807, 2.05) is 0 Å². The molecule has 0 unspecified atom stereocenters. The zero-order valence-electron chi connectivity index (χ0n) is 3.83. The Bertz CT molecular complexity index is 126. The van der Waals surface area contributed by atoms with Crippen molar-refractivity contribution in [1.29, 1.82) is 0 Å². The van der Waals surface area contributed by atoms with Crippen molar-refractivity contribution in [3.8, 4) is 0 Å². The second-order valence-corrected chi connectivity index (χ2v) is 1.26. The lowest BCUT2D eigenvalue weighted by Gasteiger charge is -1.94. The normalized spacial score (nSPS) is 19.4. The van der Waals surface area contributed by atoms with Crippen LogP contribution in [0.25, 0.3) is 0 Å². The van der Waals surface area contributed by atoms with Crippen LogP contribution in [0.4, 0.5) is 4.79 Å². The van der Waals surface area contributed by atoms with Gasteiger partial charge in [0.1, 0.15) is 0 Å². The third kappa shape index (κ3) is 0.526. The first-order valence-corrected chi connectivity index (χ1v) is 1.90. The van der Waals surface area contributed by atoms with Gasteiger partial charge in [0.2, 0.25) is 0 Å². The first-order chi connectivity index (χ1) is 3.72. The summed E-state index contributed by atoms with van der Waals surface area (Å²) < 4.78 is 4.06. The van der Waals surface area contributed by atoms with Gasteiger partial charge in [-0.25, -0.2) is 4.79 Å². The van der Waals surface area contributed by atoms with E-state index in [0.717, 1.165) is 0 Å². The van der Waals surface area contributed by atoms with Crippen LogP contribution in [0.2, 0.25) is 0 Å². The van der Waals surface area contributed by atoms with Crippen molar-refractivity contribution in [2.75, 3.05) is 6.61 Å². The van der Waals surface area contributed by atoms with E-state index in [4.69, 9.17) is 5.21 Å². The van der Waals surface area contributed by atoms with Gasteiger partial charge in [-0.3, -0.25) is 10.0 Å². The fourth-order valence-corrected chi connectivity index (χ4v) is 0.348. The predicted molar refractivity (Wildman–Crippen MR) is 20.0 cm³/mol. The minimum absolute atomic E-state index is 0.0556. The monoisotopic (exact) mass is 117 g/mol. The van der Waals surface area contributed by atoms with Gasteiger partial charge in [0, 0.05) is 0 Å². The van der Waals surface area contributed by atoms with Gasteiger partial charge in [0.05, 0.1) is 0 Å². The van der Waals surface area contributed by atoms with Gasteiger partial charge >= 0.3 is 6.09 Å². The number of amides is 2. The summed E-state index contributed by atoms with van der Waals surface area (Å²) in [4.78, 5) is 20.1. The maximum atomic E-state index is 10.1. The van der Waals surface area contributed by atoms with Crippen LogP contribution in [-0.4, -0.2) is 28.9 Å². The van der Waals surface area contributed by atoms with Crippen LogP contribution in [0.5, 0.6) is 0 Å². The topological polar surface area (TPSA) is 66.8 Å². The van der Waals surface area contributed by atoms with Crippen LogP contribution in [0, 0.1) is 0 Å². The van der Waals surface area contributed by atoms with Gasteiger partial charge in [-0.15, -0.1) is 5.06 Å². The van der Waals surface area contributed by atoms with Crippen molar-refractivity contribution in [3.63, 3.8) is 0 Å². The average molecular weight is 117 g/mol. The first kappa shape index (κ1) is 5.04. The van der Waals surface area contributed by atoms with E-state index in [2.05, 4.69) is 4.74 Å². The Kier molecular flexibility index (Phi) is 0.911. The van der Waals surface area contributed by atoms with Crippen molar-refractivity contribution in [2.45, 2.75) is 0 Å². The second-order valence-electron chi connectivity index (χ2n) is 1.26. The predicted octanol–water partition coefficient (Wildman–Crippen LogP) is -0.646. The van der Waals surface area contributed by atoms with Gasteiger partial charge in [-0.2, -0.15) is 0 Å². The van der Waals surface area contributed by atoms with Crippen molar-refractivity contribution < 1.29 is 19.5 Å². The molecule has 5 nitrogen and oxygen atoms in total. The number of carbonyl (C=O) groups is 2. The molecule has 0 aromatic heterocycles. The molecule has 0 bridgehead atoms. The molecule has 5 heteroatoms. The molecule has 0 atom stereocenters. The van der Waals surface area contributed by atoms with Crippen molar-refractivity contribution in [1.82, 2.24) is 5.06 Å². The molecule has 0 saturated carbocycles.